The van der Waals surface area contributed by atoms with Gasteiger partial charge in [0.1, 0.15) is 11.4 Å². The van der Waals surface area contributed by atoms with Gasteiger partial charge >= 0.3 is 0 Å². The molecule has 6 nitrogen and oxygen atoms in total. The van der Waals surface area contributed by atoms with Crippen molar-refractivity contribution in [3.05, 3.63) is 45.9 Å². The van der Waals surface area contributed by atoms with Crippen LogP contribution in [0.4, 0.5) is 0 Å². The molecule has 0 aliphatic carbocycles. The fourth-order valence-corrected chi connectivity index (χ4v) is 3.70. The number of para-hydroxylation sites is 2. The van der Waals surface area contributed by atoms with Crippen LogP contribution in [0.2, 0.25) is 0 Å². The molecule has 1 aliphatic heterocycles. The Hall–Kier alpha value is -2.02. The fraction of sp³-hybridized carbons (Fsp3) is 0.182. The molecule has 2 heterocycles. The number of aromatic hydroxyl groups is 1. The monoisotopic (exact) mass is 266 g/mol. The Morgan fingerprint density at radius 3 is 2.67 bits per heavy atom. The van der Waals surface area contributed by atoms with Gasteiger partial charge in [0.05, 0.1) is 22.8 Å². The third kappa shape index (κ3) is 1.55. The molecule has 94 valence electrons. The van der Waals surface area contributed by atoms with E-state index in [1.165, 1.54) is 10.7 Å². The number of hydrogen-bond acceptors (Lipinski definition) is 4. The predicted octanol–water partition coefficient (Wildman–Crippen LogP) is 0.300. The Labute approximate surface area is 102 Å². The number of phenolic OH excluding ortho intramolecular Hbond substituents is 1. The number of hydrogen-bond donors (Lipinski definition) is 2. The molecule has 0 fully saturated rings. The predicted molar refractivity (Wildman–Crippen MR) is 64.4 cm³/mol. The molecule has 0 radical (unpaired) electrons. The van der Waals surface area contributed by atoms with Crippen LogP contribution >= 0.6 is 0 Å². The van der Waals surface area contributed by atoms with Gasteiger partial charge in [-0.1, -0.05) is 12.1 Å². The largest absolute Gasteiger partial charge is 0.506 e. The standard InChI is InChI=1S/C11H10N2O4S/c14-10-4-2-1-3-8(10)13-9-6-18(16,17)5-7(9)11(15)12-13/h1-4,14H,5-6H2,(H,12,15). The van der Waals surface area contributed by atoms with E-state index in [-0.39, 0.29) is 22.8 Å². The smallest absolute Gasteiger partial charge is 0.268 e. The van der Waals surface area contributed by atoms with E-state index in [0.29, 0.717) is 11.4 Å². The van der Waals surface area contributed by atoms with Gasteiger partial charge in [-0.3, -0.25) is 14.6 Å². The molecule has 0 saturated heterocycles. The van der Waals surface area contributed by atoms with Gasteiger partial charge in [-0.05, 0) is 12.1 Å². The summed E-state index contributed by atoms with van der Waals surface area (Å²) in [6.07, 6.45) is 0. The number of rotatable bonds is 1. The van der Waals surface area contributed by atoms with Gasteiger partial charge in [-0.2, -0.15) is 0 Å². The Bertz CT molecular complexity index is 786. The number of sulfone groups is 1. The summed E-state index contributed by atoms with van der Waals surface area (Å²) < 4.78 is 24.4. The maximum atomic E-state index is 11.7. The average Bonchev–Trinajstić information content (AvgIpc) is 2.75. The van der Waals surface area contributed by atoms with Gasteiger partial charge in [0.2, 0.25) is 0 Å². The lowest BCUT2D eigenvalue weighted by atomic mass is 10.2. The van der Waals surface area contributed by atoms with E-state index in [1.54, 1.807) is 18.2 Å². The third-order valence-electron chi connectivity index (χ3n) is 2.95. The maximum Gasteiger partial charge on any atom is 0.268 e. The highest BCUT2D eigenvalue weighted by atomic mass is 32.2. The number of aromatic amines is 1. The Balaban J connectivity index is 2.27. The second-order valence-electron chi connectivity index (χ2n) is 4.22. The number of phenols is 1. The highest BCUT2D eigenvalue weighted by Crippen LogP contribution is 2.27. The van der Waals surface area contributed by atoms with E-state index in [4.69, 9.17) is 0 Å². The molecule has 1 aliphatic rings. The molecule has 3 rings (SSSR count). The van der Waals surface area contributed by atoms with Crippen molar-refractivity contribution in [3.63, 3.8) is 0 Å². The van der Waals surface area contributed by atoms with Crippen LogP contribution in [-0.4, -0.2) is 23.3 Å². The first-order valence-corrected chi connectivity index (χ1v) is 7.12. The molecule has 7 heteroatoms. The van der Waals surface area contributed by atoms with Gasteiger partial charge in [0.15, 0.2) is 9.84 Å². The van der Waals surface area contributed by atoms with Gasteiger partial charge in [-0.25, -0.2) is 8.42 Å². The van der Waals surface area contributed by atoms with Crippen LogP contribution in [0.15, 0.2) is 29.1 Å². The first-order valence-electron chi connectivity index (χ1n) is 5.29. The van der Waals surface area contributed by atoms with E-state index in [9.17, 15) is 18.3 Å². The Morgan fingerprint density at radius 1 is 1.22 bits per heavy atom. The second kappa shape index (κ2) is 3.49. The van der Waals surface area contributed by atoms with Crippen LogP contribution < -0.4 is 5.56 Å². The van der Waals surface area contributed by atoms with Crippen molar-refractivity contribution in [2.45, 2.75) is 11.5 Å². The molecule has 2 aromatic rings. The van der Waals surface area contributed by atoms with Crippen LogP contribution in [-0.2, 0) is 21.3 Å². The van der Waals surface area contributed by atoms with Crippen LogP contribution in [0.5, 0.6) is 5.75 Å². The summed E-state index contributed by atoms with van der Waals surface area (Å²) in [5.41, 5.74) is 0.613. The third-order valence-corrected chi connectivity index (χ3v) is 4.39. The topological polar surface area (TPSA) is 92.2 Å². The summed E-state index contributed by atoms with van der Waals surface area (Å²) >= 11 is 0. The highest BCUT2D eigenvalue weighted by Gasteiger charge is 2.32. The maximum absolute atomic E-state index is 11.7. The van der Waals surface area contributed by atoms with Crippen LogP contribution in [0, 0.1) is 0 Å². The molecular formula is C11H10N2O4S. The normalized spacial score (nSPS) is 16.7. The molecule has 0 saturated carbocycles. The lowest BCUT2D eigenvalue weighted by Gasteiger charge is -2.07. The number of H-pyrrole nitrogens is 1. The SMILES string of the molecule is O=c1[nH]n(-c2ccccc2O)c2c1CS(=O)(=O)C2. The molecule has 0 bridgehead atoms. The van der Waals surface area contributed by atoms with Crippen molar-refractivity contribution in [3.8, 4) is 11.4 Å². The number of nitrogens with zero attached hydrogens (tertiary/aromatic N) is 1. The summed E-state index contributed by atoms with van der Waals surface area (Å²) in [5, 5.41) is 12.3. The summed E-state index contributed by atoms with van der Waals surface area (Å²) in [5.74, 6) is -0.441. The zero-order chi connectivity index (χ0) is 12.9. The fourth-order valence-electron chi connectivity index (χ4n) is 2.14. The second-order valence-corrected chi connectivity index (χ2v) is 6.29. The van der Waals surface area contributed by atoms with Gasteiger partial charge < -0.3 is 5.11 Å². The molecule has 0 unspecified atom stereocenters. The number of benzene rings is 1. The highest BCUT2D eigenvalue weighted by molar-refractivity contribution is 7.90. The quantitative estimate of drug-likeness (QED) is 0.776. The first-order chi connectivity index (χ1) is 8.48. The van der Waals surface area contributed by atoms with E-state index in [1.807, 2.05) is 0 Å². The first kappa shape index (κ1) is 11.1. The molecule has 1 aromatic heterocycles. The van der Waals surface area contributed by atoms with E-state index in [0.717, 1.165) is 0 Å². The molecule has 1 aromatic carbocycles. The zero-order valence-corrected chi connectivity index (χ0v) is 10.1. The van der Waals surface area contributed by atoms with Crippen LogP contribution in [0.1, 0.15) is 11.3 Å². The Kier molecular flexibility index (Phi) is 2.15. The molecule has 0 spiro atoms. The molecule has 0 atom stereocenters. The minimum absolute atomic E-state index is 0.0177. The van der Waals surface area contributed by atoms with Crippen molar-refractivity contribution in [2.75, 3.05) is 0 Å². The van der Waals surface area contributed by atoms with Crippen LogP contribution in [0.3, 0.4) is 0 Å². The average molecular weight is 266 g/mol. The summed E-state index contributed by atoms with van der Waals surface area (Å²) in [4.78, 5) is 11.7. The lowest BCUT2D eigenvalue weighted by molar-refractivity contribution is 0.469. The summed E-state index contributed by atoms with van der Waals surface area (Å²) in [6.45, 7) is 0. The molecular weight excluding hydrogens is 256 g/mol. The van der Waals surface area contributed by atoms with Crippen molar-refractivity contribution in [2.24, 2.45) is 0 Å². The Morgan fingerprint density at radius 2 is 1.94 bits per heavy atom. The molecule has 2 N–H and O–H groups in total. The van der Waals surface area contributed by atoms with E-state index in [2.05, 4.69) is 5.10 Å². The van der Waals surface area contributed by atoms with Crippen molar-refractivity contribution >= 4 is 9.84 Å². The van der Waals surface area contributed by atoms with E-state index < -0.39 is 15.4 Å². The van der Waals surface area contributed by atoms with E-state index >= 15 is 0 Å². The summed E-state index contributed by atoms with van der Waals surface area (Å²) in [6, 6.07) is 6.43. The van der Waals surface area contributed by atoms with Gasteiger partial charge in [0.25, 0.3) is 5.56 Å². The van der Waals surface area contributed by atoms with Crippen molar-refractivity contribution < 1.29 is 13.5 Å². The number of aromatic nitrogens is 2. The van der Waals surface area contributed by atoms with Gasteiger partial charge in [0, 0.05) is 0 Å². The number of fused-ring (bicyclic) bond motifs is 1. The molecule has 18 heavy (non-hydrogen) atoms. The van der Waals surface area contributed by atoms with Gasteiger partial charge in [-0.15, -0.1) is 0 Å². The zero-order valence-electron chi connectivity index (χ0n) is 9.25. The van der Waals surface area contributed by atoms with Crippen LogP contribution in [0.25, 0.3) is 5.69 Å². The van der Waals surface area contributed by atoms with Crippen molar-refractivity contribution in [1.82, 2.24) is 9.78 Å². The minimum atomic E-state index is -3.25. The molecule has 0 amide bonds. The number of nitrogens with one attached hydrogen (secondary N) is 1. The lowest BCUT2D eigenvalue weighted by Crippen LogP contribution is -2.11. The summed E-state index contributed by atoms with van der Waals surface area (Å²) in [7, 11) is -3.25. The van der Waals surface area contributed by atoms with Crippen molar-refractivity contribution in [1.29, 1.82) is 0 Å². The minimum Gasteiger partial charge on any atom is -0.506 e.